The first-order valence-electron chi connectivity index (χ1n) is 8.57. The van der Waals surface area contributed by atoms with Gasteiger partial charge in [-0.3, -0.25) is 0 Å². The van der Waals surface area contributed by atoms with Crippen LogP contribution in [0.3, 0.4) is 0 Å². The predicted octanol–water partition coefficient (Wildman–Crippen LogP) is 0.605. The summed E-state index contributed by atoms with van der Waals surface area (Å²) in [4.78, 5) is 0. The molecule has 8 heteroatoms. The summed E-state index contributed by atoms with van der Waals surface area (Å²) in [7, 11) is -1.73. The first kappa shape index (κ1) is 22.0. The normalized spacial score (nSPS) is 32.1. The molecular weight excluding hydrogens is 332 g/mol. The van der Waals surface area contributed by atoms with E-state index in [1.165, 1.54) is 0 Å². The zero-order valence-corrected chi connectivity index (χ0v) is 16.4. The molecule has 0 aromatic rings. The van der Waals surface area contributed by atoms with E-state index >= 15 is 0 Å². The average Bonchev–Trinajstić information content (AvgIpc) is 2.49. The van der Waals surface area contributed by atoms with E-state index in [2.05, 4.69) is 33.9 Å². The Bertz CT molecular complexity index is 370. The standard InChI is InChI=1S/C16H34O7Si/c1-16(2,3)24(4,5)22-9-7-6-8-21-15-14(20)13(19)12(18)11(10-17)23-15/h11-15,17-20H,6-10H2,1-5H3/t11-,12+,13+,14-,15+/m1/s1. The van der Waals surface area contributed by atoms with Crippen molar-refractivity contribution in [3.05, 3.63) is 0 Å². The number of aliphatic hydroxyl groups excluding tert-OH is 4. The van der Waals surface area contributed by atoms with Crippen LogP contribution in [-0.4, -0.2) is 79.3 Å². The number of unbranched alkanes of at least 4 members (excludes halogenated alkanes) is 1. The molecule has 5 atom stereocenters. The van der Waals surface area contributed by atoms with Gasteiger partial charge in [-0.05, 0) is 31.0 Å². The molecule has 0 radical (unpaired) electrons. The fourth-order valence-corrected chi connectivity index (χ4v) is 3.24. The predicted molar refractivity (Wildman–Crippen MR) is 92.1 cm³/mol. The van der Waals surface area contributed by atoms with Crippen LogP contribution in [0.4, 0.5) is 0 Å². The fourth-order valence-electron chi connectivity index (χ4n) is 2.15. The lowest BCUT2D eigenvalue weighted by Gasteiger charge is -2.39. The molecule has 0 aromatic carbocycles. The Balaban J connectivity index is 2.28. The zero-order chi connectivity index (χ0) is 18.5. The molecule has 1 aliphatic rings. The smallest absolute Gasteiger partial charge is 0.191 e. The summed E-state index contributed by atoms with van der Waals surface area (Å²) in [5.74, 6) is 0. The molecule has 1 heterocycles. The molecule has 1 fully saturated rings. The maximum absolute atomic E-state index is 9.86. The van der Waals surface area contributed by atoms with Gasteiger partial charge < -0.3 is 34.3 Å². The van der Waals surface area contributed by atoms with Crippen molar-refractivity contribution < 1.29 is 34.3 Å². The maximum atomic E-state index is 9.86. The van der Waals surface area contributed by atoms with E-state index in [4.69, 9.17) is 19.0 Å². The van der Waals surface area contributed by atoms with Gasteiger partial charge in [0.2, 0.25) is 0 Å². The van der Waals surface area contributed by atoms with Crippen LogP contribution in [0.25, 0.3) is 0 Å². The summed E-state index contributed by atoms with van der Waals surface area (Å²) in [6, 6.07) is 0. The molecule has 1 rings (SSSR count). The average molecular weight is 367 g/mol. The van der Waals surface area contributed by atoms with Crippen LogP contribution >= 0.6 is 0 Å². The number of rotatable bonds is 8. The number of ether oxygens (including phenoxy) is 2. The van der Waals surface area contributed by atoms with Gasteiger partial charge in [-0.2, -0.15) is 0 Å². The van der Waals surface area contributed by atoms with E-state index in [9.17, 15) is 15.3 Å². The van der Waals surface area contributed by atoms with Crippen LogP contribution in [0.2, 0.25) is 18.1 Å². The summed E-state index contributed by atoms with van der Waals surface area (Å²) in [6.07, 6.45) is -4.54. The lowest BCUT2D eigenvalue weighted by Crippen LogP contribution is -2.59. The highest BCUT2D eigenvalue weighted by molar-refractivity contribution is 6.74. The third kappa shape index (κ3) is 5.74. The van der Waals surface area contributed by atoms with Crippen LogP contribution in [-0.2, 0) is 13.9 Å². The Morgan fingerprint density at radius 1 is 0.958 bits per heavy atom. The van der Waals surface area contributed by atoms with Crippen molar-refractivity contribution in [2.24, 2.45) is 0 Å². The largest absolute Gasteiger partial charge is 0.417 e. The molecule has 24 heavy (non-hydrogen) atoms. The van der Waals surface area contributed by atoms with Gasteiger partial charge in [0, 0.05) is 13.2 Å². The SMILES string of the molecule is CC(C)(C)[Si](C)(C)OCCCCO[C@H]1O[C@H](CO)[C@H](O)[C@H](O)[C@H]1O. The first-order chi connectivity index (χ1) is 11.0. The van der Waals surface area contributed by atoms with Crippen molar-refractivity contribution in [2.75, 3.05) is 19.8 Å². The lowest BCUT2D eigenvalue weighted by atomic mass is 9.99. The fraction of sp³-hybridized carbons (Fsp3) is 1.00. The number of hydrogen-bond acceptors (Lipinski definition) is 7. The molecule has 0 saturated carbocycles. The monoisotopic (exact) mass is 366 g/mol. The molecule has 0 amide bonds. The molecule has 0 aliphatic carbocycles. The van der Waals surface area contributed by atoms with Crippen molar-refractivity contribution in [1.82, 2.24) is 0 Å². The highest BCUT2D eigenvalue weighted by Crippen LogP contribution is 2.36. The van der Waals surface area contributed by atoms with Crippen molar-refractivity contribution in [3.63, 3.8) is 0 Å². The van der Waals surface area contributed by atoms with E-state index in [0.29, 0.717) is 13.2 Å². The van der Waals surface area contributed by atoms with Crippen LogP contribution < -0.4 is 0 Å². The molecule has 0 spiro atoms. The van der Waals surface area contributed by atoms with Gasteiger partial charge >= 0.3 is 0 Å². The third-order valence-corrected chi connectivity index (χ3v) is 9.48. The highest BCUT2D eigenvalue weighted by Gasteiger charge is 2.44. The Hall–Kier alpha value is -0.0631. The minimum absolute atomic E-state index is 0.180. The van der Waals surface area contributed by atoms with E-state index in [1.807, 2.05) is 0 Å². The van der Waals surface area contributed by atoms with E-state index < -0.39 is 45.6 Å². The Morgan fingerprint density at radius 3 is 2.08 bits per heavy atom. The van der Waals surface area contributed by atoms with Gasteiger partial charge in [0.1, 0.15) is 24.4 Å². The molecule has 0 bridgehead atoms. The van der Waals surface area contributed by atoms with Gasteiger partial charge in [0.25, 0.3) is 0 Å². The van der Waals surface area contributed by atoms with Gasteiger partial charge in [-0.15, -0.1) is 0 Å². The second-order valence-corrected chi connectivity index (χ2v) is 12.7. The van der Waals surface area contributed by atoms with Crippen LogP contribution in [0.1, 0.15) is 33.6 Å². The summed E-state index contributed by atoms with van der Waals surface area (Å²) >= 11 is 0. The molecule has 144 valence electrons. The Kier molecular flexibility index (Phi) is 8.28. The molecule has 0 aromatic heterocycles. The molecule has 7 nitrogen and oxygen atoms in total. The Morgan fingerprint density at radius 2 is 1.54 bits per heavy atom. The quantitative estimate of drug-likeness (QED) is 0.368. The summed E-state index contributed by atoms with van der Waals surface area (Å²) < 4.78 is 16.8. The van der Waals surface area contributed by atoms with Crippen molar-refractivity contribution in [2.45, 2.75) is 82.5 Å². The molecule has 1 aliphatic heterocycles. The summed E-state index contributed by atoms with van der Waals surface area (Å²) in [5.41, 5.74) is 0. The highest BCUT2D eigenvalue weighted by atomic mass is 28.4. The van der Waals surface area contributed by atoms with E-state index in [-0.39, 0.29) is 5.04 Å². The Labute approximate surface area is 145 Å². The summed E-state index contributed by atoms with van der Waals surface area (Å²) in [6.45, 7) is 11.5. The van der Waals surface area contributed by atoms with Gasteiger partial charge in [-0.25, -0.2) is 0 Å². The van der Waals surface area contributed by atoms with Crippen molar-refractivity contribution in [1.29, 1.82) is 0 Å². The topological polar surface area (TPSA) is 109 Å². The van der Waals surface area contributed by atoms with Crippen molar-refractivity contribution in [3.8, 4) is 0 Å². The minimum Gasteiger partial charge on any atom is -0.417 e. The number of hydrogen-bond donors (Lipinski definition) is 4. The van der Waals surface area contributed by atoms with Gasteiger partial charge in [-0.1, -0.05) is 20.8 Å². The number of aliphatic hydroxyl groups is 4. The second-order valence-electron chi connectivity index (χ2n) is 7.88. The van der Waals surface area contributed by atoms with E-state index in [1.54, 1.807) is 0 Å². The minimum atomic E-state index is -1.73. The first-order valence-corrected chi connectivity index (χ1v) is 11.5. The van der Waals surface area contributed by atoms with Gasteiger partial charge in [0.05, 0.1) is 6.61 Å². The second kappa shape index (κ2) is 9.04. The molecule has 0 unspecified atom stereocenters. The molecule has 4 N–H and O–H groups in total. The maximum Gasteiger partial charge on any atom is 0.191 e. The van der Waals surface area contributed by atoms with E-state index in [0.717, 1.165) is 12.8 Å². The molecule has 1 saturated heterocycles. The van der Waals surface area contributed by atoms with Crippen LogP contribution in [0, 0.1) is 0 Å². The lowest BCUT2D eigenvalue weighted by molar-refractivity contribution is -0.301. The van der Waals surface area contributed by atoms with Crippen LogP contribution in [0.5, 0.6) is 0 Å². The third-order valence-electron chi connectivity index (χ3n) is 4.94. The zero-order valence-electron chi connectivity index (χ0n) is 15.4. The van der Waals surface area contributed by atoms with Crippen molar-refractivity contribution >= 4 is 8.32 Å². The molecular formula is C16H34O7Si. The van der Waals surface area contributed by atoms with Gasteiger partial charge in [0.15, 0.2) is 14.6 Å². The summed E-state index contributed by atoms with van der Waals surface area (Å²) in [5, 5.41) is 38.5. The van der Waals surface area contributed by atoms with Crippen LogP contribution in [0.15, 0.2) is 0 Å².